The average molecular weight is 439 g/mol. The van der Waals surface area contributed by atoms with Crippen molar-refractivity contribution in [1.29, 1.82) is 0 Å². The zero-order valence-electron chi connectivity index (χ0n) is 15.5. The van der Waals surface area contributed by atoms with Crippen LogP contribution in [0.1, 0.15) is 12.5 Å². The van der Waals surface area contributed by atoms with Gasteiger partial charge < -0.3 is 19.9 Å². The molecule has 1 aliphatic rings. The standard InChI is InChI=1S/C17H19FN5O6P/c18-11-3-1-2-4-13(11)29-30(26,27)28-7-9-5-12(10(9)6-24)23-8-20-14-15(23)21-17(19)22-16(14)25/h1-4,8-10,12,24H,5-7H2,(H,26,27)(H3,19,21,22,25). The van der Waals surface area contributed by atoms with E-state index < -0.39 is 24.9 Å². The van der Waals surface area contributed by atoms with E-state index in [9.17, 15) is 23.7 Å². The monoisotopic (exact) mass is 439 g/mol. The number of nitrogens with one attached hydrogen (secondary N) is 1. The molecule has 13 heteroatoms. The van der Waals surface area contributed by atoms with Crippen LogP contribution in [0.4, 0.5) is 10.3 Å². The van der Waals surface area contributed by atoms with Gasteiger partial charge in [0, 0.05) is 18.6 Å². The van der Waals surface area contributed by atoms with Crippen LogP contribution in [-0.4, -0.2) is 42.7 Å². The van der Waals surface area contributed by atoms with Crippen molar-refractivity contribution in [1.82, 2.24) is 19.5 Å². The number of nitrogens with two attached hydrogens (primary N) is 1. The lowest BCUT2D eigenvalue weighted by Crippen LogP contribution is -2.43. The molecule has 5 N–H and O–H groups in total. The molecule has 0 aliphatic heterocycles. The van der Waals surface area contributed by atoms with Gasteiger partial charge in [0.2, 0.25) is 5.95 Å². The number of aliphatic hydroxyl groups excluding tert-OH is 1. The summed E-state index contributed by atoms with van der Waals surface area (Å²) in [6.07, 6.45) is 1.90. The van der Waals surface area contributed by atoms with Crippen LogP contribution in [0.15, 0.2) is 35.4 Å². The quantitative estimate of drug-likeness (QED) is 0.396. The minimum atomic E-state index is -4.56. The number of aliphatic hydroxyl groups is 1. The van der Waals surface area contributed by atoms with Gasteiger partial charge in [0.25, 0.3) is 5.56 Å². The summed E-state index contributed by atoms with van der Waals surface area (Å²) >= 11 is 0. The van der Waals surface area contributed by atoms with Gasteiger partial charge in [-0.25, -0.2) is 13.9 Å². The fourth-order valence-electron chi connectivity index (χ4n) is 3.61. The summed E-state index contributed by atoms with van der Waals surface area (Å²) in [5.74, 6) is -1.87. The first-order chi connectivity index (χ1) is 14.3. The van der Waals surface area contributed by atoms with Crippen molar-refractivity contribution in [3.63, 3.8) is 0 Å². The van der Waals surface area contributed by atoms with Gasteiger partial charge in [0.05, 0.1) is 12.9 Å². The third-order valence-corrected chi connectivity index (χ3v) is 6.07. The van der Waals surface area contributed by atoms with Gasteiger partial charge in [0.15, 0.2) is 22.7 Å². The Morgan fingerprint density at radius 1 is 1.40 bits per heavy atom. The van der Waals surface area contributed by atoms with Gasteiger partial charge in [0.1, 0.15) is 0 Å². The van der Waals surface area contributed by atoms with Crippen molar-refractivity contribution < 1.29 is 28.0 Å². The molecular weight excluding hydrogens is 420 g/mol. The Hall–Kier alpha value is -2.79. The third-order valence-electron chi connectivity index (χ3n) is 5.16. The average Bonchev–Trinajstić information content (AvgIpc) is 3.06. The molecule has 0 spiro atoms. The number of hydrogen-bond donors (Lipinski definition) is 4. The van der Waals surface area contributed by atoms with Gasteiger partial charge in [-0.2, -0.15) is 4.98 Å². The van der Waals surface area contributed by atoms with E-state index in [4.69, 9.17) is 14.8 Å². The fraction of sp³-hybridized carbons (Fsp3) is 0.353. The van der Waals surface area contributed by atoms with E-state index in [1.165, 1.54) is 24.5 Å². The molecule has 2 aromatic heterocycles. The van der Waals surface area contributed by atoms with Gasteiger partial charge in [-0.05, 0) is 24.5 Å². The molecule has 0 saturated heterocycles. The molecule has 0 bridgehead atoms. The third kappa shape index (κ3) is 3.82. The van der Waals surface area contributed by atoms with E-state index in [1.807, 2.05) is 0 Å². The van der Waals surface area contributed by atoms with Crippen LogP contribution in [-0.2, 0) is 9.09 Å². The number of para-hydroxylation sites is 1. The topological polar surface area (TPSA) is 166 Å². The van der Waals surface area contributed by atoms with E-state index >= 15 is 0 Å². The summed E-state index contributed by atoms with van der Waals surface area (Å²) in [6.45, 7) is -0.423. The maximum Gasteiger partial charge on any atom is 0.527 e. The Balaban J connectivity index is 1.44. The molecule has 30 heavy (non-hydrogen) atoms. The molecular formula is C17H19FN5O6P. The summed E-state index contributed by atoms with van der Waals surface area (Å²) in [6, 6.07) is 4.92. The Kier molecular flexibility index (Phi) is 5.33. The van der Waals surface area contributed by atoms with Crippen molar-refractivity contribution in [3.05, 3.63) is 46.8 Å². The van der Waals surface area contributed by atoms with Gasteiger partial charge in [-0.3, -0.25) is 19.2 Å². The van der Waals surface area contributed by atoms with Crippen molar-refractivity contribution in [3.8, 4) is 5.75 Å². The summed E-state index contributed by atoms with van der Waals surface area (Å²) in [5.41, 5.74) is 5.54. The van der Waals surface area contributed by atoms with Crippen LogP contribution in [0, 0.1) is 17.7 Å². The largest absolute Gasteiger partial charge is 0.527 e. The minimum Gasteiger partial charge on any atom is -0.401 e. The van der Waals surface area contributed by atoms with Crippen LogP contribution in [0.5, 0.6) is 5.75 Å². The second-order valence-corrected chi connectivity index (χ2v) is 8.35. The number of halogens is 1. The Morgan fingerprint density at radius 3 is 2.90 bits per heavy atom. The lowest BCUT2D eigenvalue weighted by atomic mass is 9.70. The summed E-state index contributed by atoms with van der Waals surface area (Å²) in [4.78, 5) is 32.3. The van der Waals surface area contributed by atoms with E-state index in [0.717, 1.165) is 6.07 Å². The van der Waals surface area contributed by atoms with Crippen LogP contribution in [0.3, 0.4) is 0 Å². The highest BCUT2D eigenvalue weighted by Crippen LogP contribution is 2.49. The smallest absolute Gasteiger partial charge is 0.401 e. The molecule has 1 aliphatic carbocycles. The number of fused-ring (bicyclic) bond motifs is 1. The number of H-pyrrole nitrogens is 1. The number of nitrogen functional groups attached to an aromatic ring is 1. The number of aromatic amines is 1. The molecule has 4 unspecified atom stereocenters. The van der Waals surface area contributed by atoms with Crippen molar-refractivity contribution in [2.45, 2.75) is 12.5 Å². The Morgan fingerprint density at radius 2 is 2.17 bits per heavy atom. The van der Waals surface area contributed by atoms with Crippen LogP contribution in [0.25, 0.3) is 11.2 Å². The highest BCUT2D eigenvalue weighted by Gasteiger charge is 2.44. The molecule has 1 fully saturated rings. The normalized spacial score (nSPS) is 23.1. The number of rotatable bonds is 7. The SMILES string of the molecule is Nc1nc2c(ncn2C2CC(COP(=O)(O)Oc3ccccc3F)C2CO)c(=O)[nH]1. The molecule has 0 amide bonds. The second-order valence-electron chi connectivity index (χ2n) is 6.97. The molecule has 3 aromatic rings. The predicted octanol–water partition coefficient (Wildman–Crippen LogP) is 1.21. The predicted molar refractivity (Wildman–Crippen MR) is 103 cm³/mol. The van der Waals surface area contributed by atoms with Gasteiger partial charge in [-0.15, -0.1) is 0 Å². The molecule has 0 radical (unpaired) electrons. The van der Waals surface area contributed by atoms with Crippen LogP contribution < -0.4 is 15.8 Å². The van der Waals surface area contributed by atoms with E-state index in [0.29, 0.717) is 6.42 Å². The highest BCUT2D eigenvalue weighted by atomic mass is 31.2. The first kappa shape index (κ1) is 20.5. The van der Waals surface area contributed by atoms with E-state index in [2.05, 4.69) is 15.0 Å². The number of benzene rings is 1. The molecule has 1 saturated carbocycles. The summed E-state index contributed by atoms with van der Waals surface area (Å²) in [5, 5.41) is 9.79. The number of aromatic nitrogens is 4. The number of imidazole rings is 1. The number of phosphoric acid groups is 1. The van der Waals surface area contributed by atoms with E-state index in [-0.39, 0.29) is 48.2 Å². The first-order valence-electron chi connectivity index (χ1n) is 9.03. The zero-order chi connectivity index (χ0) is 21.5. The van der Waals surface area contributed by atoms with Crippen molar-refractivity contribution in [2.24, 2.45) is 11.8 Å². The lowest BCUT2D eigenvalue weighted by Gasteiger charge is -2.44. The first-order valence-corrected chi connectivity index (χ1v) is 10.5. The summed E-state index contributed by atoms with van der Waals surface area (Å²) < 4.78 is 37.2. The number of hydrogen-bond acceptors (Lipinski definition) is 8. The Labute approximate surface area is 168 Å². The molecule has 2 heterocycles. The van der Waals surface area contributed by atoms with E-state index in [1.54, 1.807) is 4.57 Å². The maximum atomic E-state index is 13.6. The van der Waals surface area contributed by atoms with Crippen LogP contribution >= 0.6 is 7.82 Å². The van der Waals surface area contributed by atoms with Gasteiger partial charge in [-0.1, -0.05) is 12.1 Å². The van der Waals surface area contributed by atoms with Crippen molar-refractivity contribution in [2.75, 3.05) is 18.9 Å². The molecule has 160 valence electrons. The lowest BCUT2D eigenvalue weighted by molar-refractivity contribution is -0.00494. The zero-order valence-corrected chi connectivity index (χ0v) is 16.4. The maximum absolute atomic E-state index is 13.6. The second kappa shape index (κ2) is 7.80. The number of nitrogens with zero attached hydrogens (tertiary/aromatic N) is 3. The van der Waals surface area contributed by atoms with Crippen molar-refractivity contribution >= 4 is 24.9 Å². The minimum absolute atomic E-state index is 0.0551. The molecule has 1 aromatic carbocycles. The fourth-order valence-corrected chi connectivity index (χ4v) is 4.43. The molecule has 4 rings (SSSR count). The highest BCUT2D eigenvalue weighted by molar-refractivity contribution is 7.47. The Bertz CT molecular complexity index is 1180. The van der Waals surface area contributed by atoms with Gasteiger partial charge >= 0.3 is 7.82 Å². The van der Waals surface area contributed by atoms with Crippen LogP contribution in [0.2, 0.25) is 0 Å². The summed E-state index contributed by atoms with van der Waals surface area (Å²) in [7, 11) is -4.56. The molecule has 11 nitrogen and oxygen atoms in total. The molecule has 4 atom stereocenters. The number of phosphoric ester groups is 1. The number of anilines is 1.